The number of ether oxygens (including phenoxy) is 3. The van der Waals surface area contributed by atoms with Crippen LogP contribution in [0.15, 0.2) is 48.0 Å². The molecule has 2 N–H and O–H groups in total. The molecule has 140 valence electrons. The van der Waals surface area contributed by atoms with Crippen LogP contribution in [0.1, 0.15) is 17.2 Å². The molecule has 7 heteroatoms. The van der Waals surface area contributed by atoms with Crippen LogP contribution in [-0.4, -0.2) is 38.1 Å². The van der Waals surface area contributed by atoms with Gasteiger partial charge >= 0.3 is 0 Å². The van der Waals surface area contributed by atoms with Gasteiger partial charge in [0.2, 0.25) is 0 Å². The molecule has 1 amide bonds. The zero-order valence-electron chi connectivity index (χ0n) is 15.1. The number of hydrogen-bond acceptors (Lipinski definition) is 6. The molecule has 1 atom stereocenters. The first-order chi connectivity index (χ1) is 13.0. The molecule has 0 aromatic heterocycles. The molecule has 0 spiro atoms. The number of hydrogen-bond donors (Lipinski definition) is 2. The summed E-state index contributed by atoms with van der Waals surface area (Å²) in [4.78, 5) is 24.5. The van der Waals surface area contributed by atoms with E-state index in [2.05, 4.69) is 5.32 Å². The molecule has 0 saturated carbocycles. The topological polar surface area (TPSA) is 94.1 Å². The minimum Gasteiger partial charge on any atom is -0.507 e. The van der Waals surface area contributed by atoms with Gasteiger partial charge in [0.05, 0.1) is 32.9 Å². The summed E-state index contributed by atoms with van der Waals surface area (Å²) in [6.07, 6.45) is 0. The van der Waals surface area contributed by atoms with E-state index >= 15 is 0 Å². The quantitative estimate of drug-likeness (QED) is 0.478. The largest absolute Gasteiger partial charge is 0.507 e. The second kappa shape index (κ2) is 7.41. The van der Waals surface area contributed by atoms with Crippen molar-refractivity contribution in [3.63, 3.8) is 0 Å². The number of Topliss-reactive ketones (excluding diaryl/α,β-unsaturated/α-hetero) is 1. The van der Waals surface area contributed by atoms with Crippen molar-refractivity contribution >= 4 is 17.4 Å². The molecule has 3 rings (SSSR count). The smallest absolute Gasteiger partial charge is 0.293 e. The van der Waals surface area contributed by atoms with Gasteiger partial charge in [0.25, 0.3) is 11.7 Å². The van der Waals surface area contributed by atoms with E-state index in [0.717, 1.165) is 0 Å². The fourth-order valence-corrected chi connectivity index (χ4v) is 2.97. The monoisotopic (exact) mass is 369 g/mol. The first kappa shape index (κ1) is 18.3. The lowest BCUT2D eigenvalue weighted by atomic mass is 9.95. The maximum atomic E-state index is 12.5. The number of aliphatic hydroxyl groups is 1. The zero-order chi connectivity index (χ0) is 19.6. The van der Waals surface area contributed by atoms with Crippen molar-refractivity contribution in [3.8, 4) is 17.2 Å². The Labute approximate surface area is 156 Å². The van der Waals surface area contributed by atoms with Crippen LogP contribution in [0.5, 0.6) is 17.2 Å². The Balaban J connectivity index is 2.14. The molecule has 0 aliphatic carbocycles. The lowest BCUT2D eigenvalue weighted by Crippen LogP contribution is -2.21. The Morgan fingerprint density at radius 1 is 0.926 bits per heavy atom. The van der Waals surface area contributed by atoms with Crippen LogP contribution < -0.4 is 19.5 Å². The van der Waals surface area contributed by atoms with E-state index < -0.39 is 17.7 Å². The Morgan fingerprint density at radius 3 is 2.15 bits per heavy atom. The summed E-state index contributed by atoms with van der Waals surface area (Å²) in [5.74, 6) is -0.276. The third kappa shape index (κ3) is 3.31. The van der Waals surface area contributed by atoms with Crippen molar-refractivity contribution in [2.24, 2.45) is 0 Å². The number of nitrogens with one attached hydrogen (secondary N) is 1. The number of methoxy groups -OCH3 is 3. The molecular weight excluding hydrogens is 350 g/mol. The normalized spacial score (nSPS) is 18.1. The van der Waals surface area contributed by atoms with Gasteiger partial charge < -0.3 is 24.6 Å². The van der Waals surface area contributed by atoms with Gasteiger partial charge in [-0.2, -0.15) is 0 Å². The first-order valence-corrected chi connectivity index (χ1v) is 8.14. The predicted molar refractivity (Wildman–Crippen MR) is 98.0 cm³/mol. The van der Waals surface area contributed by atoms with Gasteiger partial charge in [0.15, 0.2) is 0 Å². The summed E-state index contributed by atoms with van der Waals surface area (Å²) in [7, 11) is 4.52. The molecule has 2 aromatic carbocycles. The van der Waals surface area contributed by atoms with Gasteiger partial charge in [-0.1, -0.05) is 0 Å². The van der Waals surface area contributed by atoms with E-state index in [1.165, 1.54) is 21.3 Å². The average Bonchev–Trinajstić information content (AvgIpc) is 3.01. The Kier molecular flexibility index (Phi) is 5.03. The third-order valence-electron chi connectivity index (χ3n) is 4.38. The van der Waals surface area contributed by atoms with E-state index in [1.54, 1.807) is 42.5 Å². The molecule has 0 unspecified atom stereocenters. The van der Waals surface area contributed by atoms with Crippen molar-refractivity contribution in [1.82, 2.24) is 5.32 Å². The molecular formula is C20H19NO6. The van der Waals surface area contributed by atoms with Crippen LogP contribution in [0.2, 0.25) is 0 Å². The fraction of sp³-hybridized carbons (Fsp3) is 0.200. The van der Waals surface area contributed by atoms with Crippen LogP contribution in [0.4, 0.5) is 0 Å². The molecule has 1 aliphatic rings. The highest BCUT2D eigenvalue weighted by Gasteiger charge is 2.41. The summed E-state index contributed by atoms with van der Waals surface area (Å²) in [5.41, 5.74) is 0.852. The van der Waals surface area contributed by atoms with Gasteiger partial charge in [-0.3, -0.25) is 9.59 Å². The minimum absolute atomic E-state index is 0.0447. The molecule has 1 heterocycles. The molecule has 2 aromatic rings. The average molecular weight is 369 g/mol. The standard InChI is InChI=1S/C20H19NO6/c1-25-12-6-4-11(5-7-12)18(22)16-17(21-20(24)19(16)23)14-10-13(26-2)8-9-15(14)27-3/h4-10,17,22H,1-3H3,(H,21,24)/t17-/m0/s1. The van der Waals surface area contributed by atoms with Gasteiger partial charge in [0, 0.05) is 11.1 Å². The number of carbonyl (C=O) groups is 2. The minimum atomic E-state index is -0.864. The summed E-state index contributed by atoms with van der Waals surface area (Å²) in [6.45, 7) is 0. The second-order valence-electron chi connectivity index (χ2n) is 5.83. The van der Waals surface area contributed by atoms with Crippen molar-refractivity contribution in [2.75, 3.05) is 21.3 Å². The predicted octanol–water partition coefficient (Wildman–Crippen LogP) is 2.42. The number of rotatable bonds is 5. The fourth-order valence-electron chi connectivity index (χ4n) is 2.97. The summed E-state index contributed by atoms with van der Waals surface area (Å²) < 4.78 is 15.7. The molecule has 27 heavy (non-hydrogen) atoms. The van der Waals surface area contributed by atoms with Crippen molar-refractivity contribution < 1.29 is 28.9 Å². The second-order valence-corrected chi connectivity index (χ2v) is 5.83. The van der Waals surface area contributed by atoms with E-state index in [0.29, 0.717) is 28.4 Å². The molecule has 0 radical (unpaired) electrons. The lowest BCUT2D eigenvalue weighted by molar-refractivity contribution is -0.133. The number of benzene rings is 2. The summed E-state index contributed by atoms with van der Waals surface area (Å²) in [6, 6.07) is 10.7. The highest BCUT2D eigenvalue weighted by molar-refractivity contribution is 6.46. The van der Waals surface area contributed by atoms with Crippen LogP contribution >= 0.6 is 0 Å². The van der Waals surface area contributed by atoms with Crippen LogP contribution in [0.25, 0.3) is 5.76 Å². The first-order valence-electron chi connectivity index (χ1n) is 8.14. The highest BCUT2D eigenvalue weighted by atomic mass is 16.5. The van der Waals surface area contributed by atoms with E-state index in [4.69, 9.17) is 14.2 Å². The van der Waals surface area contributed by atoms with E-state index in [-0.39, 0.29) is 11.3 Å². The maximum Gasteiger partial charge on any atom is 0.293 e. The summed E-state index contributed by atoms with van der Waals surface area (Å²) >= 11 is 0. The van der Waals surface area contributed by atoms with Gasteiger partial charge in [0.1, 0.15) is 23.0 Å². The van der Waals surface area contributed by atoms with E-state index in [9.17, 15) is 14.7 Å². The number of amides is 1. The van der Waals surface area contributed by atoms with Crippen LogP contribution in [0, 0.1) is 0 Å². The lowest BCUT2D eigenvalue weighted by Gasteiger charge is -2.18. The highest BCUT2D eigenvalue weighted by Crippen LogP contribution is 2.38. The zero-order valence-corrected chi connectivity index (χ0v) is 15.1. The van der Waals surface area contributed by atoms with E-state index in [1.807, 2.05) is 0 Å². The molecule has 1 aliphatic heterocycles. The van der Waals surface area contributed by atoms with Crippen LogP contribution in [0.3, 0.4) is 0 Å². The number of ketones is 1. The molecule has 1 fully saturated rings. The number of carbonyl (C=O) groups excluding carboxylic acids is 2. The SMILES string of the molecule is COc1ccc(C(O)=C2C(=O)C(=O)N[C@H]2c2cc(OC)ccc2OC)cc1. The van der Waals surface area contributed by atoms with Crippen molar-refractivity contribution in [3.05, 3.63) is 59.2 Å². The Hall–Kier alpha value is -3.48. The summed E-state index contributed by atoms with van der Waals surface area (Å²) in [5, 5.41) is 13.4. The maximum absolute atomic E-state index is 12.5. The van der Waals surface area contributed by atoms with Crippen LogP contribution in [-0.2, 0) is 9.59 Å². The molecule has 0 bridgehead atoms. The third-order valence-corrected chi connectivity index (χ3v) is 4.38. The van der Waals surface area contributed by atoms with Gasteiger partial charge in [-0.05, 0) is 42.5 Å². The Morgan fingerprint density at radius 2 is 1.56 bits per heavy atom. The number of aliphatic hydroxyl groups excluding tert-OH is 1. The van der Waals surface area contributed by atoms with Gasteiger partial charge in [-0.15, -0.1) is 0 Å². The van der Waals surface area contributed by atoms with Crippen molar-refractivity contribution in [2.45, 2.75) is 6.04 Å². The van der Waals surface area contributed by atoms with Crippen molar-refractivity contribution in [1.29, 1.82) is 0 Å². The molecule has 7 nitrogen and oxygen atoms in total. The Bertz CT molecular complexity index is 917. The van der Waals surface area contributed by atoms with Gasteiger partial charge in [-0.25, -0.2) is 0 Å². The molecule has 1 saturated heterocycles.